The highest BCUT2D eigenvalue weighted by Gasteiger charge is 2.20. The van der Waals surface area contributed by atoms with Crippen LogP contribution in [0, 0.1) is 0 Å². The van der Waals surface area contributed by atoms with E-state index in [4.69, 9.17) is 11.6 Å². The summed E-state index contributed by atoms with van der Waals surface area (Å²) in [7, 11) is 0. The van der Waals surface area contributed by atoms with E-state index >= 15 is 0 Å². The molecular formula is C16H13ClN4. The number of hydrogen-bond acceptors (Lipinski definition) is 3. The maximum atomic E-state index is 6.18. The molecule has 0 aliphatic carbocycles. The number of nitrogens with one attached hydrogen (secondary N) is 1. The van der Waals surface area contributed by atoms with E-state index in [1.165, 1.54) is 0 Å². The van der Waals surface area contributed by atoms with Gasteiger partial charge in [0.15, 0.2) is 5.82 Å². The van der Waals surface area contributed by atoms with E-state index in [0.717, 1.165) is 41.6 Å². The highest BCUT2D eigenvalue weighted by atomic mass is 35.5. The van der Waals surface area contributed by atoms with Crippen LogP contribution in [0.4, 0.5) is 5.69 Å². The average molecular weight is 297 g/mol. The van der Waals surface area contributed by atoms with E-state index in [2.05, 4.69) is 20.1 Å². The SMILES string of the molecule is Clc1ccc2c(c1)-n1c(nnc1-c1ccccc1)CCN2. The van der Waals surface area contributed by atoms with Crippen LogP contribution in [-0.4, -0.2) is 21.3 Å². The van der Waals surface area contributed by atoms with E-state index in [1.807, 2.05) is 48.5 Å². The van der Waals surface area contributed by atoms with Crippen molar-refractivity contribution < 1.29 is 0 Å². The van der Waals surface area contributed by atoms with E-state index < -0.39 is 0 Å². The van der Waals surface area contributed by atoms with Gasteiger partial charge in [-0.15, -0.1) is 10.2 Å². The second-order valence-corrected chi connectivity index (χ2v) is 5.42. The molecule has 0 unspecified atom stereocenters. The van der Waals surface area contributed by atoms with Gasteiger partial charge >= 0.3 is 0 Å². The van der Waals surface area contributed by atoms with Gasteiger partial charge in [0, 0.05) is 23.6 Å². The van der Waals surface area contributed by atoms with Crippen LogP contribution in [0.15, 0.2) is 48.5 Å². The topological polar surface area (TPSA) is 42.7 Å². The zero-order valence-electron chi connectivity index (χ0n) is 11.3. The third kappa shape index (κ3) is 2.08. The van der Waals surface area contributed by atoms with Crippen LogP contribution in [-0.2, 0) is 6.42 Å². The Morgan fingerprint density at radius 1 is 1.05 bits per heavy atom. The fourth-order valence-corrected chi connectivity index (χ4v) is 2.82. The number of fused-ring (bicyclic) bond motifs is 3. The lowest BCUT2D eigenvalue weighted by Gasteiger charge is -2.12. The van der Waals surface area contributed by atoms with Gasteiger partial charge in [0.25, 0.3) is 0 Å². The standard InChI is InChI=1S/C16H13ClN4/c17-12-6-7-13-14(10-12)21-15(8-9-18-13)19-20-16(21)11-4-2-1-3-5-11/h1-7,10,18H,8-9H2. The Bertz CT molecular complexity index is 795. The first-order chi connectivity index (χ1) is 10.3. The molecule has 5 heteroatoms. The van der Waals surface area contributed by atoms with Crippen LogP contribution in [0.5, 0.6) is 0 Å². The van der Waals surface area contributed by atoms with Crippen LogP contribution in [0.25, 0.3) is 17.1 Å². The molecule has 4 rings (SSSR count). The maximum absolute atomic E-state index is 6.18. The molecule has 0 saturated heterocycles. The van der Waals surface area contributed by atoms with Crippen molar-refractivity contribution in [3.05, 3.63) is 59.4 Å². The molecule has 4 nitrogen and oxygen atoms in total. The fourth-order valence-electron chi connectivity index (χ4n) is 2.65. The number of benzene rings is 2. The number of halogens is 1. The van der Waals surface area contributed by atoms with E-state index in [9.17, 15) is 0 Å². The molecule has 0 saturated carbocycles. The van der Waals surface area contributed by atoms with Crippen LogP contribution >= 0.6 is 11.6 Å². The fraction of sp³-hybridized carbons (Fsp3) is 0.125. The van der Waals surface area contributed by atoms with Gasteiger partial charge in [0.2, 0.25) is 0 Å². The summed E-state index contributed by atoms with van der Waals surface area (Å²) in [5.74, 6) is 1.79. The summed E-state index contributed by atoms with van der Waals surface area (Å²) >= 11 is 6.18. The molecule has 0 spiro atoms. The Labute approximate surface area is 127 Å². The molecule has 1 aliphatic heterocycles. The smallest absolute Gasteiger partial charge is 0.168 e. The van der Waals surface area contributed by atoms with Gasteiger partial charge in [-0.2, -0.15) is 0 Å². The summed E-state index contributed by atoms with van der Waals surface area (Å²) in [6, 6.07) is 15.9. The van der Waals surface area contributed by atoms with Gasteiger partial charge in [-0.1, -0.05) is 41.9 Å². The van der Waals surface area contributed by atoms with Crippen molar-refractivity contribution >= 4 is 17.3 Å². The Morgan fingerprint density at radius 2 is 1.90 bits per heavy atom. The first-order valence-electron chi connectivity index (χ1n) is 6.86. The van der Waals surface area contributed by atoms with Gasteiger partial charge < -0.3 is 5.32 Å². The van der Waals surface area contributed by atoms with Crippen molar-refractivity contribution in [3.8, 4) is 17.1 Å². The Kier molecular flexibility index (Phi) is 2.89. The number of aromatic nitrogens is 3. The molecule has 104 valence electrons. The van der Waals surface area contributed by atoms with Crippen molar-refractivity contribution in [1.29, 1.82) is 0 Å². The summed E-state index contributed by atoms with van der Waals surface area (Å²) in [4.78, 5) is 0. The lowest BCUT2D eigenvalue weighted by atomic mass is 10.2. The minimum Gasteiger partial charge on any atom is -0.383 e. The predicted molar refractivity (Wildman–Crippen MR) is 84.0 cm³/mol. The molecule has 0 fully saturated rings. The largest absolute Gasteiger partial charge is 0.383 e. The quantitative estimate of drug-likeness (QED) is 0.747. The van der Waals surface area contributed by atoms with Crippen molar-refractivity contribution in [2.45, 2.75) is 6.42 Å². The number of nitrogens with zero attached hydrogens (tertiary/aromatic N) is 3. The Hall–Kier alpha value is -2.33. The maximum Gasteiger partial charge on any atom is 0.168 e. The van der Waals surface area contributed by atoms with Gasteiger partial charge in [0.05, 0.1) is 11.4 Å². The molecule has 3 aromatic rings. The molecule has 0 atom stereocenters. The second kappa shape index (κ2) is 4.90. The Balaban J connectivity index is 1.99. The number of hydrogen-bond donors (Lipinski definition) is 1. The van der Waals surface area contributed by atoms with Crippen LogP contribution in [0.2, 0.25) is 5.02 Å². The minimum absolute atomic E-state index is 0.705. The van der Waals surface area contributed by atoms with Gasteiger partial charge in [-0.3, -0.25) is 4.57 Å². The van der Waals surface area contributed by atoms with Gasteiger partial charge in [-0.05, 0) is 18.2 Å². The van der Waals surface area contributed by atoms with Crippen molar-refractivity contribution in [2.75, 3.05) is 11.9 Å². The van der Waals surface area contributed by atoms with E-state index in [-0.39, 0.29) is 0 Å². The molecule has 0 amide bonds. The van der Waals surface area contributed by atoms with Crippen LogP contribution < -0.4 is 5.32 Å². The molecule has 0 bridgehead atoms. The van der Waals surface area contributed by atoms with Crippen LogP contribution in [0.1, 0.15) is 5.82 Å². The van der Waals surface area contributed by atoms with Crippen LogP contribution in [0.3, 0.4) is 0 Å². The highest BCUT2D eigenvalue weighted by molar-refractivity contribution is 6.30. The Morgan fingerprint density at radius 3 is 2.76 bits per heavy atom. The molecule has 2 heterocycles. The molecule has 1 aliphatic rings. The molecular weight excluding hydrogens is 284 g/mol. The normalized spacial score (nSPS) is 13.0. The zero-order valence-corrected chi connectivity index (χ0v) is 12.0. The molecule has 21 heavy (non-hydrogen) atoms. The number of rotatable bonds is 1. The molecule has 0 radical (unpaired) electrons. The van der Waals surface area contributed by atoms with Crippen molar-refractivity contribution in [3.63, 3.8) is 0 Å². The molecule has 1 aromatic heterocycles. The monoisotopic (exact) mass is 296 g/mol. The van der Waals surface area contributed by atoms with E-state index in [0.29, 0.717) is 5.02 Å². The third-order valence-corrected chi connectivity index (χ3v) is 3.86. The summed E-state index contributed by atoms with van der Waals surface area (Å²) in [5, 5.41) is 12.9. The number of anilines is 1. The minimum atomic E-state index is 0.705. The predicted octanol–water partition coefficient (Wildman–Crippen LogP) is 3.56. The van der Waals surface area contributed by atoms with Gasteiger partial charge in [0.1, 0.15) is 5.82 Å². The van der Waals surface area contributed by atoms with Crippen molar-refractivity contribution in [1.82, 2.24) is 14.8 Å². The first-order valence-corrected chi connectivity index (χ1v) is 7.24. The lowest BCUT2D eigenvalue weighted by molar-refractivity contribution is 0.873. The lowest BCUT2D eigenvalue weighted by Crippen LogP contribution is -2.03. The summed E-state index contributed by atoms with van der Waals surface area (Å²) in [6.07, 6.45) is 0.826. The molecule has 1 N–H and O–H groups in total. The average Bonchev–Trinajstić information content (AvgIpc) is 2.85. The summed E-state index contributed by atoms with van der Waals surface area (Å²) in [6.45, 7) is 0.835. The zero-order chi connectivity index (χ0) is 14.2. The van der Waals surface area contributed by atoms with Gasteiger partial charge in [-0.25, -0.2) is 0 Å². The highest BCUT2D eigenvalue weighted by Crippen LogP contribution is 2.31. The summed E-state index contributed by atoms with van der Waals surface area (Å²) in [5.41, 5.74) is 3.10. The van der Waals surface area contributed by atoms with E-state index in [1.54, 1.807) is 0 Å². The first kappa shape index (κ1) is 12.4. The summed E-state index contributed by atoms with van der Waals surface area (Å²) < 4.78 is 2.09. The van der Waals surface area contributed by atoms with Crippen molar-refractivity contribution in [2.24, 2.45) is 0 Å². The third-order valence-electron chi connectivity index (χ3n) is 3.63. The molecule has 2 aromatic carbocycles. The second-order valence-electron chi connectivity index (χ2n) is 4.98.